The first-order chi connectivity index (χ1) is 14.0. The smallest absolute Gasteiger partial charge is 0.255 e. The van der Waals surface area contributed by atoms with E-state index in [9.17, 15) is 13.2 Å². The Labute approximate surface area is 169 Å². The number of nitrogens with zero attached hydrogens (tertiary/aromatic N) is 2. The van der Waals surface area contributed by atoms with Crippen LogP contribution in [-0.4, -0.2) is 29.9 Å². The zero-order valence-corrected chi connectivity index (χ0v) is 16.6. The van der Waals surface area contributed by atoms with Gasteiger partial charge in [-0.05, 0) is 43.2 Å². The van der Waals surface area contributed by atoms with Crippen molar-refractivity contribution < 1.29 is 13.2 Å². The average Bonchev–Trinajstić information content (AvgIpc) is 3.42. The van der Waals surface area contributed by atoms with Crippen molar-refractivity contribution >= 4 is 21.6 Å². The van der Waals surface area contributed by atoms with E-state index in [-0.39, 0.29) is 22.4 Å². The Bertz CT molecular complexity index is 1100. The van der Waals surface area contributed by atoms with Crippen molar-refractivity contribution in [1.82, 2.24) is 14.3 Å². The molecule has 8 heteroatoms. The van der Waals surface area contributed by atoms with E-state index in [1.807, 2.05) is 18.2 Å². The third kappa shape index (κ3) is 4.38. The van der Waals surface area contributed by atoms with E-state index >= 15 is 0 Å². The van der Waals surface area contributed by atoms with Crippen molar-refractivity contribution in [2.75, 3.05) is 5.32 Å². The summed E-state index contributed by atoms with van der Waals surface area (Å²) in [5, 5.41) is 2.86. The number of benzene rings is 2. The molecule has 4 rings (SSSR count). The number of sulfonamides is 1. The fraction of sp³-hybridized carbons (Fsp3) is 0.238. The molecule has 1 amide bonds. The highest BCUT2D eigenvalue weighted by molar-refractivity contribution is 7.89. The van der Waals surface area contributed by atoms with Gasteiger partial charge in [0.15, 0.2) is 0 Å². The topological polar surface area (TPSA) is 93.1 Å². The SMILES string of the molecule is O=C(Nc1ccccc1-n1ccnc1)c1cccc(S(=O)(=O)NC2CCCC2)c1. The fourth-order valence-corrected chi connectivity index (χ4v) is 4.89. The van der Waals surface area contributed by atoms with Crippen molar-refractivity contribution in [2.24, 2.45) is 0 Å². The Morgan fingerprint density at radius 2 is 1.86 bits per heavy atom. The van der Waals surface area contributed by atoms with E-state index in [1.54, 1.807) is 41.5 Å². The minimum absolute atomic E-state index is 0.0282. The van der Waals surface area contributed by atoms with Gasteiger partial charge in [-0.2, -0.15) is 0 Å². The summed E-state index contributed by atoms with van der Waals surface area (Å²) < 4.78 is 29.9. The lowest BCUT2D eigenvalue weighted by atomic mass is 10.2. The van der Waals surface area contributed by atoms with Crippen LogP contribution in [0.25, 0.3) is 5.69 Å². The summed E-state index contributed by atoms with van der Waals surface area (Å²) in [4.78, 5) is 16.9. The minimum Gasteiger partial charge on any atom is -0.320 e. The molecule has 0 aliphatic heterocycles. The molecule has 0 saturated heterocycles. The maximum absolute atomic E-state index is 12.8. The van der Waals surface area contributed by atoms with Crippen LogP contribution in [0.4, 0.5) is 5.69 Å². The highest BCUT2D eigenvalue weighted by Crippen LogP contribution is 2.23. The molecular formula is C21H22N4O3S. The van der Waals surface area contributed by atoms with Crippen LogP contribution in [0.2, 0.25) is 0 Å². The molecule has 1 aliphatic carbocycles. The molecule has 7 nitrogen and oxygen atoms in total. The second-order valence-electron chi connectivity index (χ2n) is 7.07. The van der Waals surface area contributed by atoms with E-state index in [0.29, 0.717) is 5.69 Å². The van der Waals surface area contributed by atoms with E-state index in [4.69, 9.17) is 0 Å². The number of anilines is 1. The quantitative estimate of drug-likeness (QED) is 0.652. The third-order valence-electron chi connectivity index (χ3n) is 5.02. The summed E-state index contributed by atoms with van der Waals surface area (Å²) in [6, 6.07) is 13.4. The Balaban J connectivity index is 1.56. The van der Waals surface area contributed by atoms with Gasteiger partial charge < -0.3 is 9.88 Å². The van der Waals surface area contributed by atoms with E-state index in [2.05, 4.69) is 15.0 Å². The zero-order chi connectivity index (χ0) is 20.3. The third-order valence-corrected chi connectivity index (χ3v) is 6.54. The number of carbonyl (C=O) groups excluding carboxylic acids is 1. The first-order valence-corrected chi connectivity index (χ1v) is 11.0. The lowest BCUT2D eigenvalue weighted by Gasteiger charge is -2.14. The number of hydrogen-bond donors (Lipinski definition) is 2. The number of nitrogens with one attached hydrogen (secondary N) is 2. The molecule has 0 unspecified atom stereocenters. The van der Waals surface area contributed by atoms with Crippen LogP contribution in [0, 0.1) is 0 Å². The van der Waals surface area contributed by atoms with Gasteiger partial charge >= 0.3 is 0 Å². The van der Waals surface area contributed by atoms with Gasteiger partial charge in [-0.25, -0.2) is 18.1 Å². The minimum atomic E-state index is -3.66. The normalized spacial score (nSPS) is 14.8. The molecule has 150 valence electrons. The maximum atomic E-state index is 12.8. The maximum Gasteiger partial charge on any atom is 0.255 e. The van der Waals surface area contributed by atoms with Gasteiger partial charge in [0.05, 0.1) is 22.6 Å². The number of amides is 1. The second-order valence-corrected chi connectivity index (χ2v) is 8.79. The predicted molar refractivity (Wildman–Crippen MR) is 111 cm³/mol. The first kappa shape index (κ1) is 19.4. The van der Waals surface area contributed by atoms with Gasteiger partial charge in [-0.15, -0.1) is 0 Å². The van der Waals surface area contributed by atoms with Gasteiger partial charge in [-0.3, -0.25) is 4.79 Å². The van der Waals surface area contributed by atoms with Gasteiger partial charge in [0.1, 0.15) is 0 Å². The van der Waals surface area contributed by atoms with Crippen LogP contribution in [0.1, 0.15) is 36.0 Å². The van der Waals surface area contributed by atoms with Gasteiger partial charge in [0.2, 0.25) is 10.0 Å². The molecule has 1 saturated carbocycles. The summed E-state index contributed by atoms with van der Waals surface area (Å²) in [5.41, 5.74) is 1.65. The molecule has 1 fully saturated rings. The second kappa shape index (κ2) is 8.18. The van der Waals surface area contributed by atoms with Crippen LogP contribution in [0.15, 0.2) is 72.1 Å². The van der Waals surface area contributed by atoms with E-state index < -0.39 is 10.0 Å². The summed E-state index contributed by atoms with van der Waals surface area (Å²) in [5.74, 6) is -0.379. The number of imidazole rings is 1. The molecule has 0 atom stereocenters. The molecule has 0 spiro atoms. The van der Waals surface area contributed by atoms with Crippen molar-refractivity contribution in [3.05, 3.63) is 72.8 Å². The molecule has 1 aromatic heterocycles. The highest BCUT2D eigenvalue weighted by Gasteiger charge is 2.23. The largest absolute Gasteiger partial charge is 0.320 e. The van der Waals surface area contributed by atoms with E-state index in [1.165, 1.54) is 12.1 Å². The number of hydrogen-bond acceptors (Lipinski definition) is 4. The molecule has 0 radical (unpaired) electrons. The number of carbonyl (C=O) groups is 1. The summed E-state index contributed by atoms with van der Waals surface area (Å²) in [6.45, 7) is 0. The Kier molecular flexibility index (Phi) is 5.46. The average molecular weight is 410 g/mol. The number of aromatic nitrogens is 2. The van der Waals surface area contributed by atoms with Gasteiger partial charge in [0.25, 0.3) is 5.91 Å². The van der Waals surface area contributed by atoms with Crippen LogP contribution >= 0.6 is 0 Å². The highest BCUT2D eigenvalue weighted by atomic mass is 32.2. The Morgan fingerprint density at radius 1 is 1.07 bits per heavy atom. The number of rotatable bonds is 6. The summed E-state index contributed by atoms with van der Waals surface area (Å²) >= 11 is 0. The predicted octanol–water partition coefficient (Wildman–Crippen LogP) is 3.35. The summed E-state index contributed by atoms with van der Waals surface area (Å²) in [7, 11) is -3.66. The van der Waals surface area contributed by atoms with Crippen molar-refractivity contribution in [2.45, 2.75) is 36.6 Å². The standard InChI is InChI=1S/C21H22N4O3S/c26-21(23-19-10-3-4-11-20(19)25-13-12-22-15-25)16-6-5-9-18(14-16)29(27,28)24-17-7-1-2-8-17/h3-6,9-15,17,24H,1-2,7-8H2,(H,23,26). The van der Waals surface area contributed by atoms with E-state index in [0.717, 1.165) is 31.4 Å². The van der Waals surface area contributed by atoms with Crippen LogP contribution in [0.5, 0.6) is 0 Å². The van der Waals surface area contributed by atoms with Crippen molar-refractivity contribution in [1.29, 1.82) is 0 Å². The number of para-hydroxylation sites is 2. The van der Waals surface area contributed by atoms with Crippen LogP contribution in [-0.2, 0) is 10.0 Å². The molecule has 29 heavy (non-hydrogen) atoms. The lowest BCUT2D eigenvalue weighted by Crippen LogP contribution is -2.32. The zero-order valence-electron chi connectivity index (χ0n) is 15.8. The lowest BCUT2D eigenvalue weighted by molar-refractivity contribution is 0.102. The molecule has 1 aliphatic rings. The summed E-state index contributed by atoms with van der Waals surface area (Å²) in [6.07, 6.45) is 8.86. The molecule has 0 bridgehead atoms. The van der Waals surface area contributed by atoms with Crippen LogP contribution < -0.4 is 10.0 Å². The molecular weight excluding hydrogens is 388 g/mol. The molecule has 2 N–H and O–H groups in total. The molecule has 1 heterocycles. The van der Waals surface area contributed by atoms with Crippen molar-refractivity contribution in [3.63, 3.8) is 0 Å². The monoisotopic (exact) mass is 410 g/mol. The first-order valence-electron chi connectivity index (χ1n) is 9.54. The fourth-order valence-electron chi connectivity index (χ4n) is 3.54. The molecule has 2 aromatic carbocycles. The van der Waals surface area contributed by atoms with Crippen molar-refractivity contribution in [3.8, 4) is 5.69 Å². The van der Waals surface area contributed by atoms with Gasteiger partial charge in [0, 0.05) is 24.0 Å². The van der Waals surface area contributed by atoms with Gasteiger partial charge in [-0.1, -0.05) is 31.0 Å². The Morgan fingerprint density at radius 3 is 2.62 bits per heavy atom. The molecule has 3 aromatic rings. The van der Waals surface area contributed by atoms with Crippen LogP contribution in [0.3, 0.4) is 0 Å². The Hall–Kier alpha value is -2.97.